The Morgan fingerprint density at radius 2 is 1.58 bits per heavy atom. The standard InChI is InChI=1S/C23H29NO8S.C2H6O/c1-14(25)30-19-13-16(20(32-33(6,27)28)21(24)23(2,3)4)9-12-18(19)31-22(26)15-7-10-17(29-5)11-8-15;1-2-3/h7-13,20-21H,24H2,1-6H3;3H,2H2,1H3. The molecule has 0 saturated carbocycles. The van der Waals surface area contributed by atoms with Gasteiger partial charge in [0.1, 0.15) is 11.9 Å². The number of carbonyl (C=O) groups is 2. The van der Waals surface area contributed by atoms with Crippen molar-refractivity contribution in [1.29, 1.82) is 0 Å². The van der Waals surface area contributed by atoms with Crippen LogP contribution in [-0.2, 0) is 19.1 Å². The number of esters is 2. The molecule has 0 radical (unpaired) electrons. The van der Waals surface area contributed by atoms with Crippen molar-refractivity contribution in [2.45, 2.75) is 46.8 Å². The van der Waals surface area contributed by atoms with Gasteiger partial charge in [-0.25, -0.2) is 4.79 Å². The van der Waals surface area contributed by atoms with Crippen molar-refractivity contribution in [2.24, 2.45) is 11.1 Å². The molecule has 2 aromatic rings. The lowest BCUT2D eigenvalue weighted by atomic mass is 9.82. The molecule has 200 valence electrons. The van der Waals surface area contributed by atoms with Crippen LogP contribution >= 0.6 is 0 Å². The third-order valence-corrected chi connectivity index (χ3v) is 5.24. The number of hydrogen-bond acceptors (Lipinski definition) is 10. The highest BCUT2D eigenvalue weighted by molar-refractivity contribution is 7.86. The molecule has 11 heteroatoms. The van der Waals surface area contributed by atoms with Crippen molar-refractivity contribution in [3.8, 4) is 17.2 Å². The Labute approximate surface area is 212 Å². The van der Waals surface area contributed by atoms with Crippen LogP contribution in [0.4, 0.5) is 0 Å². The number of aliphatic hydroxyl groups is 1. The summed E-state index contributed by atoms with van der Waals surface area (Å²) in [6, 6.07) is 9.80. The highest BCUT2D eigenvalue weighted by atomic mass is 32.2. The van der Waals surface area contributed by atoms with Gasteiger partial charge >= 0.3 is 11.9 Å². The second-order valence-corrected chi connectivity index (χ2v) is 10.4. The average molecular weight is 526 g/mol. The quantitative estimate of drug-likeness (QED) is 0.298. The maximum absolute atomic E-state index is 12.6. The van der Waals surface area contributed by atoms with E-state index in [-0.39, 0.29) is 23.7 Å². The number of ether oxygens (including phenoxy) is 3. The number of hydrogen-bond donors (Lipinski definition) is 2. The third kappa shape index (κ3) is 9.94. The lowest BCUT2D eigenvalue weighted by molar-refractivity contribution is -0.132. The first kappa shape index (κ1) is 31.0. The number of rotatable bonds is 8. The van der Waals surface area contributed by atoms with Crippen LogP contribution in [0.5, 0.6) is 17.2 Å². The van der Waals surface area contributed by atoms with E-state index in [9.17, 15) is 18.0 Å². The van der Waals surface area contributed by atoms with E-state index >= 15 is 0 Å². The molecule has 36 heavy (non-hydrogen) atoms. The Morgan fingerprint density at radius 3 is 2.03 bits per heavy atom. The molecule has 0 aliphatic carbocycles. The summed E-state index contributed by atoms with van der Waals surface area (Å²) >= 11 is 0. The first-order valence-electron chi connectivity index (χ1n) is 11.1. The predicted molar refractivity (Wildman–Crippen MR) is 135 cm³/mol. The van der Waals surface area contributed by atoms with Crippen molar-refractivity contribution >= 4 is 22.1 Å². The fraction of sp³-hybridized carbons (Fsp3) is 0.440. The Bertz CT molecular complexity index is 1120. The minimum absolute atomic E-state index is 0.0304. The minimum atomic E-state index is -3.87. The molecule has 0 bridgehead atoms. The van der Waals surface area contributed by atoms with Gasteiger partial charge in [-0.1, -0.05) is 26.8 Å². The summed E-state index contributed by atoms with van der Waals surface area (Å²) in [5.74, 6) is -0.880. The van der Waals surface area contributed by atoms with E-state index in [2.05, 4.69) is 0 Å². The van der Waals surface area contributed by atoms with Gasteiger partial charge in [0.05, 0.1) is 18.9 Å². The second-order valence-electron chi connectivity index (χ2n) is 8.85. The molecule has 0 saturated heterocycles. The van der Waals surface area contributed by atoms with Gasteiger partial charge in [-0.05, 0) is 54.3 Å². The van der Waals surface area contributed by atoms with Crippen molar-refractivity contribution in [2.75, 3.05) is 20.0 Å². The zero-order valence-electron chi connectivity index (χ0n) is 21.6. The van der Waals surface area contributed by atoms with Crippen LogP contribution in [0.3, 0.4) is 0 Å². The van der Waals surface area contributed by atoms with Crippen LogP contribution < -0.4 is 19.9 Å². The Balaban J connectivity index is 0.00000205. The largest absolute Gasteiger partial charge is 0.497 e. The molecule has 10 nitrogen and oxygen atoms in total. The smallest absolute Gasteiger partial charge is 0.343 e. The molecule has 0 aromatic heterocycles. The van der Waals surface area contributed by atoms with Gasteiger partial charge in [0, 0.05) is 19.6 Å². The molecule has 2 rings (SSSR count). The minimum Gasteiger partial charge on any atom is -0.497 e. The van der Waals surface area contributed by atoms with E-state index in [1.165, 1.54) is 44.4 Å². The predicted octanol–water partition coefficient (Wildman–Crippen LogP) is 3.23. The van der Waals surface area contributed by atoms with Crippen LogP contribution in [0.2, 0.25) is 0 Å². The van der Waals surface area contributed by atoms with Crippen LogP contribution in [0.1, 0.15) is 56.6 Å². The number of nitrogens with two attached hydrogens (primary N) is 1. The zero-order chi connectivity index (χ0) is 27.7. The van der Waals surface area contributed by atoms with Gasteiger partial charge in [-0.15, -0.1) is 0 Å². The van der Waals surface area contributed by atoms with Crippen LogP contribution in [0, 0.1) is 5.41 Å². The molecule has 0 spiro atoms. The highest BCUT2D eigenvalue weighted by Crippen LogP contribution is 2.37. The molecule has 2 atom stereocenters. The van der Waals surface area contributed by atoms with Crippen molar-refractivity contribution in [3.05, 3.63) is 53.6 Å². The first-order valence-corrected chi connectivity index (χ1v) is 12.9. The number of carbonyl (C=O) groups excluding carboxylic acids is 2. The third-order valence-electron chi connectivity index (χ3n) is 4.68. The fourth-order valence-electron chi connectivity index (χ4n) is 2.87. The number of aliphatic hydroxyl groups excluding tert-OH is 1. The van der Waals surface area contributed by atoms with Gasteiger partial charge < -0.3 is 25.1 Å². The Morgan fingerprint density at radius 1 is 1.03 bits per heavy atom. The summed E-state index contributed by atoms with van der Waals surface area (Å²) in [5.41, 5.74) is 6.38. The first-order chi connectivity index (χ1) is 16.6. The topological polar surface area (TPSA) is 151 Å². The van der Waals surface area contributed by atoms with Crippen molar-refractivity contribution in [1.82, 2.24) is 0 Å². The highest BCUT2D eigenvalue weighted by Gasteiger charge is 2.34. The molecular formula is C25H35NO9S. The molecule has 0 heterocycles. The van der Waals surface area contributed by atoms with Gasteiger partial charge in [-0.3, -0.25) is 8.98 Å². The normalized spacial score (nSPS) is 13.0. The fourth-order valence-corrected chi connectivity index (χ4v) is 3.48. The Kier molecular flexibility index (Phi) is 11.5. The molecule has 0 aliphatic heterocycles. The monoisotopic (exact) mass is 525 g/mol. The van der Waals surface area contributed by atoms with Crippen molar-refractivity contribution < 1.29 is 41.5 Å². The van der Waals surface area contributed by atoms with Crippen LogP contribution in [0.15, 0.2) is 42.5 Å². The molecule has 0 fully saturated rings. The maximum atomic E-state index is 12.6. The van der Waals surface area contributed by atoms with E-state index < -0.39 is 39.6 Å². The average Bonchev–Trinajstić information content (AvgIpc) is 2.77. The molecule has 0 amide bonds. The van der Waals surface area contributed by atoms with Gasteiger partial charge in [0.2, 0.25) is 0 Å². The Hall–Kier alpha value is -2.99. The van der Waals surface area contributed by atoms with Crippen LogP contribution in [0.25, 0.3) is 0 Å². The summed E-state index contributed by atoms with van der Waals surface area (Å²) in [6.45, 7) is 8.64. The van der Waals surface area contributed by atoms with E-state index in [4.69, 9.17) is 29.2 Å². The lowest BCUT2D eigenvalue weighted by Gasteiger charge is -2.33. The molecular weight excluding hydrogens is 490 g/mol. The molecule has 2 aromatic carbocycles. The summed E-state index contributed by atoms with van der Waals surface area (Å²) < 4.78 is 44.8. The zero-order valence-corrected chi connectivity index (χ0v) is 22.4. The number of benzene rings is 2. The maximum Gasteiger partial charge on any atom is 0.343 e. The van der Waals surface area contributed by atoms with Gasteiger partial charge in [0.15, 0.2) is 11.5 Å². The second kappa shape index (κ2) is 13.4. The van der Waals surface area contributed by atoms with E-state index in [0.29, 0.717) is 11.3 Å². The van der Waals surface area contributed by atoms with E-state index in [1.54, 1.807) is 19.1 Å². The van der Waals surface area contributed by atoms with Crippen LogP contribution in [-0.4, -0.2) is 51.5 Å². The van der Waals surface area contributed by atoms with Gasteiger partial charge in [-0.2, -0.15) is 8.42 Å². The lowest BCUT2D eigenvalue weighted by Crippen LogP contribution is -2.42. The van der Waals surface area contributed by atoms with E-state index in [1.807, 2.05) is 20.8 Å². The van der Waals surface area contributed by atoms with Gasteiger partial charge in [0.25, 0.3) is 10.1 Å². The summed E-state index contributed by atoms with van der Waals surface area (Å²) in [5, 5.41) is 7.57. The summed E-state index contributed by atoms with van der Waals surface area (Å²) in [6.07, 6.45) is -0.145. The summed E-state index contributed by atoms with van der Waals surface area (Å²) in [4.78, 5) is 24.2. The molecule has 2 unspecified atom stereocenters. The summed E-state index contributed by atoms with van der Waals surface area (Å²) in [7, 11) is -2.36. The number of methoxy groups -OCH3 is 1. The molecule has 0 aliphatic rings. The van der Waals surface area contributed by atoms with E-state index in [0.717, 1.165) is 6.26 Å². The SMILES string of the molecule is CCO.COc1ccc(C(=O)Oc2ccc(C(OS(C)(=O)=O)C(N)C(C)(C)C)cc2OC(C)=O)cc1. The molecule has 3 N–H and O–H groups in total. The van der Waals surface area contributed by atoms with Crippen molar-refractivity contribution in [3.63, 3.8) is 0 Å².